The number of para-hydroxylation sites is 1. The van der Waals surface area contributed by atoms with Gasteiger partial charge in [-0.15, -0.1) is 0 Å². The average Bonchev–Trinajstić information content (AvgIpc) is 3.18. The van der Waals surface area contributed by atoms with E-state index in [1.807, 2.05) is 0 Å². The molecule has 0 saturated heterocycles. The van der Waals surface area contributed by atoms with E-state index in [2.05, 4.69) is 60.1 Å². The second-order valence-corrected chi connectivity index (χ2v) is 5.64. The highest BCUT2D eigenvalue weighted by molar-refractivity contribution is 5.40. The van der Waals surface area contributed by atoms with Gasteiger partial charge in [-0.25, -0.2) is 0 Å². The fourth-order valence-electron chi connectivity index (χ4n) is 2.72. The van der Waals surface area contributed by atoms with Crippen molar-refractivity contribution in [2.75, 3.05) is 6.54 Å². The van der Waals surface area contributed by atoms with Crippen LogP contribution in [0.2, 0.25) is 0 Å². The first-order valence-corrected chi connectivity index (χ1v) is 7.19. The molecule has 2 aromatic rings. The zero-order valence-electron chi connectivity index (χ0n) is 11.8. The molecule has 1 N–H and O–H groups in total. The molecule has 1 fully saturated rings. The van der Waals surface area contributed by atoms with Crippen molar-refractivity contribution in [1.29, 1.82) is 0 Å². The van der Waals surface area contributed by atoms with Gasteiger partial charge in [-0.1, -0.05) is 18.2 Å². The Morgan fingerprint density at radius 3 is 2.58 bits per heavy atom. The van der Waals surface area contributed by atoms with Crippen LogP contribution in [0.5, 0.6) is 0 Å². The number of hydrogen-bond acceptors (Lipinski definition) is 1. The Kier molecular flexibility index (Phi) is 3.43. The number of aryl methyl sites for hydroxylation is 1. The molecule has 0 unspecified atom stereocenters. The van der Waals surface area contributed by atoms with Crippen LogP contribution in [0.15, 0.2) is 36.4 Å². The highest BCUT2D eigenvalue weighted by Gasteiger charge is 2.20. The first kappa shape index (κ1) is 12.5. The third kappa shape index (κ3) is 2.74. The normalized spacial score (nSPS) is 14.8. The summed E-state index contributed by atoms with van der Waals surface area (Å²) in [7, 11) is 0. The van der Waals surface area contributed by atoms with Crippen molar-refractivity contribution < 1.29 is 0 Å². The van der Waals surface area contributed by atoms with Crippen molar-refractivity contribution >= 4 is 0 Å². The summed E-state index contributed by atoms with van der Waals surface area (Å²) in [5, 5.41) is 3.58. The van der Waals surface area contributed by atoms with Crippen molar-refractivity contribution in [2.24, 2.45) is 5.92 Å². The Bertz CT molecular complexity index is 550. The zero-order chi connectivity index (χ0) is 13.2. The van der Waals surface area contributed by atoms with E-state index in [1.165, 1.54) is 42.0 Å². The van der Waals surface area contributed by atoms with Crippen LogP contribution in [0.25, 0.3) is 5.69 Å². The van der Waals surface area contributed by atoms with Crippen molar-refractivity contribution in [2.45, 2.75) is 33.2 Å². The fourth-order valence-corrected chi connectivity index (χ4v) is 2.72. The molecule has 1 heterocycles. The maximum absolute atomic E-state index is 3.58. The van der Waals surface area contributed by atoms with Crippen LogP contribution < -0.4 is 5.32 Å². The molecule has 0 amide bonds. The highest BCUT2D eigenvalue weighted by Crippen LogP contribution is 2.28. The lowest BCUT2D eigenvalue weighted by Crippen LogP contribution is -2.16. The van der Waals surface area contributed by atoms with Crippen molar-refractivity contribution in [3.05, 3.63) is 53.3 Å². The van der Waals surface area contributed by atoms with Gasteiger partial charge in [-0.05, 0) is 62.9 Å². The van der Waals surface area contributed by atoms with Gasteiger partial charge in [0.1, 0.15) is 0 Å². The molecule has 0 atom stereocenters. The summed E-state index contributed by atoms with van der Waals surface area (Å²) in [6, 6.07) is 12.9. The van der Waals surface area contributed by atoms with Gasteiger partial charge in [0.05, 0.1) is 0 Å². The van der Waals surface area contributed by atoms with E-state index in [9.17, 15) is 0 Å². The van der Waals surface area contributed by atoms with Crippen molar-refractivity contribution in [3.63, 3.8) is 0 Å². The summed E-state index contributed by atoms with van der Waals surface area (Å²) in [5.74, 6) is 0.942. The Labute approximate surface area is 115 Å². The molecule has 0 bridgehead atoms. The highest BCUT2D eigenvalue weighted by atomic mass is 15.0. The van der Waals surface area contributed by atoms with E-state index >= 15 is 0 Å². The van der Waals surface area contributed by atoms with Crippen molar-refractivity contribution in [3.8, 4) is 5.69 Å². The predicted molar refractivity (Wildman–Crippen MR) is 79.7 cm³/mol. The molecule has 3 rings (SSSR count). The monoisotopic (exact) mass is 254 g/mol. The van der Waals surface area contributed by atoms with Gasteiger partial charge < -0.3 is 9.88 Å². The van der Waals surface area contributed by atoms with Gasteiger partial charge in [0.2, 0.25) is 0 Å². The summed E-state index contributed by atoms with van der Waals surface area (Å²) in [4.78, 5) is 0. The van der Waals surface area contributed by atoms with Crippen molar-refractivity contribution in [1.82, 2.24) is 9.88 Å². The quantitative estimate of drug-likeness (QED) is 0.862. The number of nitrogens with zero attached hydrogens (tertiary/aromatic N) is 1. The summed E-state index contributed by atoms with van der Waals surface area (Å²) in [6.45, 7) is 6.57. The number of aromatic nitrogens is 1. The van der Waals surface area contributed by atoms with Gasteiger partial charge in [0, 0.05) is 23.6 Å². The number of benzene rings is 1. The van der Waals surface area contributed by atoms with Crippen LogP contribution in [-0.2, 0) is 6.54 Å². The van der Waals surface area contributed by atoms with Gasteiger partial charge in [0.15, 0.2) is 0 Å². The standard InChI is InChI=1S/C17H22N2/c1-13-10-16(12-18-11-15-8-9-15)14(2)19(13)17-6-4-3-5-7-17/h3-7,10,15,18H,8-9,11-12H2,1-2H3. The topological polar surface area (TPSA) is 17.0 Å². The van der Waals surface area contributed by atoms with E-state index in [-0.39, 0.29) is 0 Å². The molecular weight excluding hydrogens is 232 g/mol. The number of rotatable bonds is 5. The van der Waals surface area contributed by atoms with E-state index in [4.69, 9.17) is 0 Å². The van der Waals surface area contributed by atoms with Crippen LogP contribution in [0, 0.1) is 19.8 Å². The molecule has 1 aliphatic rings. The molecule has 1 aliphatic carbocycles. The smallest absolute Gasteiger partial charge is 0.0455 e. The minimum absolute atomic E-state index is 0.942. The minimum atomic E-state index is 0.942. The molecule has 1 saturated carbocycles. The maximum Gasteiger partial charge on any atom is 0.0455 e. The molecule has 0 spiro atoms. The van der Waals surface area contributed by atoms with E-state index in [0.29, 0.717) is 0 Å². The van der Waals surface area contributed by atoms with E-state index in [1.54, 1.807) is 0 Å². The first-order valence-electron chi connectivity index (χ1n) is 7.19. The average molecular weight is 254 g/mol. The van der Waals surface area contributed by atoms with Gasteiger partial charge >= 0.3 is 0 Å². The molecule has 2 heteroatoms. The zero-order valence-corrected chi connectivity index (χ0v) is 11.8. The Morgan fingerprint density at radius 2 is 1.89 bits per heavy atom. The van der Waals surface area contributed by atoms with Crippen LogP contribution >= 0.6 is 0 Å². The molecule has 1 aromatic heterocycles. The summed E-state index contributed by atoms with van der Waals surface area (Å²) >= 11 is 0. The SMILES string of the molecule is Cc1cc(CNCC2CC2)c(C)n1-c1ccccc1. The fraction of sp³-hybridized carbons (Fsp3) is 0.412. The lowest BCUT2D eigenvalue weighted by Gasteiger charge is -2.10. The van der Waals surface area contributed by atoms with E-state index < -0.39 is 0 Å². The van der Waals surface area contributed by atoms with Crippen LogP contribution in [0.1, 0.15) is 29.8 Å². The third-order valence-electron chi connectivity index (χ3n) is 4.00. The molecule has 1 aromatic carbocycles. The number of nitrogens with one attached hydrogen (secondary N) is 1. The van der Waals surface area contributed by atoms with Crippen LogP contribution in [0.4, 0.5) is 0 Å². The largest absolute Gasteiger partial charge is 0.318 e. The van der Waals surface area contributed by atoms with Gasteiger partial charge in [-0.2, -0.15) is 0 Å². The molecular formula is C17H22N2. The second kappa shape index (κ2) is 5.22. The van der Waals surface area contributed by atoms with Gasteiger partial charge in [0.25, 0.3) is 0 Å². The van der Waals surface area contributed by atoms with Crippen LogP contribution in [0.3, 0.4) is 0 Å². The lowest BCUT2D eigenvalue weighted by molar-refractivity contribution is 0.636. The lowest BCUT2D eigenvalue weighted by atomic mass is 10.2. The Balaban J connectivity index is 1.79. The Morgan fingerprint density at radius 1 is 1.16 bits per heavy atom. The maximum atomic E-state index is 3.58. The molecule has 100 valence electrons. The summed E-state index contributed by atoms with van der Waals surface area (Å²) in [6.07, 6.45) is 2.83. The van der Waals surface area contributed by atoms with Gasteiger partial charge in [-0.3, -0.25) is 0 Å². The summed E-state index contributed by atoms with van der Waals surface area (Å²) < 4.78 is 2.34. The molecule has 0 radical (unpaired) electrons. The minimum Gasteiger partial charge on any atom is -0.318 e. The molecule has 0 aliphatic heterocycles. The number of hydrogen-bond donors (Lipinski definition) is 1. The predicted octanol–water partition coefficient (Wildman–Crippen LogP) is 3.59. The summed E-state index contributed by atoms with van der Waals surface area (Å²) in [5.41, 5.74) is 5.34. The Hall–Kier alpha value is -1.54. The molecule has 19 heavy (non-hydrogen) atoms. The van der Waals surface area contributed by atoms with E-state index in [0.717, 1.165) is 12.5 Å². The first-order chi connectivity index (χ1) is 9.25. The molecule has 2 nitrogen and oxygen atoms in total. The van der Waals surface area contributed by atoms with Crippen LogP contribution in [-0.4, -0.2) is 11.1 Å². The third-order valence-corrected chi connectivity index (χ3v) is 4.00. The second-order valence-electron chi connectivity index (χ2n) is 5.64.